The van der Waals surface area contributed by atoms with Gasteiger partial charge in [-0.05, 0) is 39.0 Å². The van der Waals surface area contributed by atoms with Gasteiger partial charge in [0.25, 0.3) is 0 Å². The second-order valence-electron chi connectivity index (χ2n) is 7.55. The van der Waals surface area contributed by atoms with Crippen molar-refractivity contribution in [3.05, 3.63) is 59.7 Å². The van der Waals surface area contributed by atoms with Crippen LogP contribution in [0.5, 0.6) is 0 Å². The van der Waals surface area contributed by atoms with Crippen LogP contribution in [0.15, 0.2) is 47.6 Å². The number of sulfonamides is 1. The molecule has 1 aliphatic rings. The second kappa shape index (κ2) is 8.20. The van der Waals surface area contributed by atoms with Crippen LogP contribution in [0.3, 0.4) is 0 Å². The number of anilines is 1. The van der Waals surface area contributed by atoms with Crippen LogP contribution in [0.1, 0.15) is 28.7 Å². The van der Waals surface area contributed by atoms with Crippen molar-refractivity contribution in [2.24, 2.45) is 0 Å². The minimum absolute atomic E-state index is 0.141. The van der Waals surface area contributed by atoms with Crippen molar-refractivity contribution in [1.82, 2.24) is 24.1 Å². The summed E-state index contributed by atoms with van der Waals surface area (Å²) in [5.74, 6) is 1.24. The predicted molar refractivity (Wildman–Crippen MR) is 116 cm³/mol. The molecule has 1 fully saturated rings. The molecule has 0 saturated carbocycles. The number of carbonyl (C=O) groups is 1. The summed E-state index contributed by atoms with van der Waals surface area (Å²) in [7, 11) is -3.67. The zero-order chi connectivity index (χ0) is 22.2. The number of hydrogen-bond donors (Lipinski definition) is 0. The van der Waals surface area contributed by atoms with Crippen molar-refractivity contribution in [3.8, 4) is 5.82 Å². The Balaban J connectivity index is 1.50. The Labute approximate surface area is 181 Å². The lowest BCUT2D eigenvalue weighted by atomic mass is 10.2. The van der Waals surface area contributed by atoms with E-state index in [1.807, 2.05) is 30.9 Å². The maximum absolute atomic E-state index is 13.0. The van der Waals surface area contributed by atoms with Gasteiger partial charge >= 0.3 is 0 Å². The number of rotatable bonds is 5. The van der Waals surface area contributed by atoms with Crippen molar-refractivity contribution in [1.29, 1.82) is 0 Å². The number of nitrogens with zero attached hydrogens (tertiary/aromatic N) is 6. The lowest BCUT2D eigenvalue weighted by molar-refractivity contribution is 0.101. The van der Waals surface area contributed by atoms with Crippen LogP contribution in [-0.4, -0.2) is 64.4 Å². The molecule has 3 aromatic rings. The third kappa shape index (κ3) is 4.21. The van der Waals surface area contributed by atoms with Gasteiger partial charge in [-0.15, -0.1) is 0 Å². The summed E-state index contributed by atoms with van der Waals surface area (Å²) in [5.41, 5.74) is 2.27. The Kier molecular flexibility index (Phi) is 5.59. The van der Waals surface area contributed by atoms with Crippen LogP contribution < -0.4 is 4.90 Å². The normalized spacial score (nSPS) is 15.3. The number of aromatic nitrogens is 4. The number of piperazine rings is 1. The van der Waals surface area contributed by atoms with Gasteiger partial charge < -0.3 is 4.90 Å². The largest absolute Gasteiger partial charge is 0.354 e. The molecule has 0 N–H and O–H groups in total. The Morgan fingerprint density at radius 3 is 2.32 bits per heavy atom. The molecule has 0 aliphatic carbocycles. The van der Waals surface area contributed by atoms with E-state index in [1.165, 1.54) is 29.7 Å². The third-order valence-corrected chi connectivity index (χ3v) is 7.20. The highest BCUT2D eigenvalue weighted by Gasteiger charge is 2.29. The molecule has 31 heavy (non-hydrogen) atoms. The fourth-order valence-corrected chi connectivity index (χ4v) is 5.14. The standard InChI is InChI=1S/C21H24N6O3S/c1-15-11-16(2)27(24-15)21-13-20(22-14-23-21)25-7-9-26(10-8-25)31(29,30)19-6-4-5-18(12-19)17(3)28/h4-6,11-14H,7-10H2,1-3H3. The Bertz CT molecular complexity index is 1230. The molecule has 0 radical (unpaired) electrons. The number of Topliss-reactive ketones (excluding diaryl/α,β-unsaturated/α-hetero) is 1. The number of ketones is 1. The Hall–Kier alpha value is -3.11. The molecule has 10 heteroatoms. The van der Waals surface area contributed by atoms with E-state index in [2.05, 4.69) is 15.1 Å². The molecule has 0 atom stereocenters. The summed E-state index contributed by atoms with van der Waals surface area (Å²) in [6.07, 6.45) is 1.50. The SMILES string of the molecule is CC(=O)c1cccc(S(=O)(=O)N2CCN(c3cc(-n4nc(C)cc4C)ncn3)CC2)c1. The van der Waals surface area contributed by atoms with Crippen LogP contribution in [0.25, 0.3) is 5.82 Å². The first kappa shape index (κ1) is 21.1. The molecule has 1 aromatic carbocycles. The van der Waals surface area contributed by atoms with Gasteiger partial charge in [0, 0.05) is 43.5 Å². The van der Waals surface area contributed by atoms with Gasteiger partial charge in [-0.3, -0.25) is 4.79 Å². The zero-order valence-corrected chi connectivity index (χ0v) is 18.5. The maximum atomic E-state index is 13.0. The summed E-state index contributed by atoms with van der Waals surface area (Å²) in [4.78, 5) is 22.5. The third-order valence-electron chi connectivity index (χ3n) is 5.31. The van der Waals surface area contributed by atoms with E-state index in [0.717, 1.165) is 17.2 Å². The lowest BCUT2D eigenvalue weighted by Crippen LogP contribution is -2.49. The monoisotopic (exact) mass is 440 g/mol. The van der Waals surface area contributed by atoms with Crippen molar-refractivity contribution in [3.63, 3.8) is 0 Å². The summed E-state index contributed by atoms with van der Waals surface area (Å²) < 4.78 is 29.3. The molecule has 1 saturated heterocycles. The van der Waals surface area contributed by atoms with Crippen molar-refractivity contribution in [2.45, 2.75) is 25.7 Å². The smallest absolute Gasteiger partial charge is 0.243 e. The molecule has 2 aromatic heterocycles. The second-order valence-corrected chi connectivity index (χ2v) is 9.49. The number of benzene rings is 1. The zero-order valence-electron chi connectivity index (χ0n) is 17.7. The minimum Gasteiger partial charge on any atom is -0.354 e. The average Bonchev–Trinajstić information content (AvgIpc) is 3.12. The minimum atomic E-state index is -3.67. The summed E-state index contributed by atoms with van der Waals surface area (Å²) in [6.45, 7) is 6.96. The van der Waals surface area contributed by atoms with Gasteiger partial charge in [0.1, 0.15) is 12.1 Å². The van der Waals surface area contributed by atoms with E-state index < -0.39 is 10.0 Å². The lowest BCUT2D eigenvalue weighted by Gasteiger charge is -2.34. The van der Waals surface area contributed by atoms with Crippen LogP contribution in [0.2, 0.25) is 0 Å². The molecular formula is C21H24N6O3S. The highest BCUT2D eigenvalue weighted by atomic mass is 32.2. The summed E-state index contributed by atoms with van der Waals surface area (Å²) in [6, 6.07) is 10.0. The molecule has 4 rings (SSSR count). The molecule has 0 unspecified atom stereocenters. The van der Waals surface area contributed by atoms with Crippen molar-refractivity contribution >= 4 is 21.6 Å². The fraction of sp³-hybridized carbons (Fsp3) is 0.333. The van der Waals surface area contributed by atoms with E-state index in [9.17, 15) is 13.2 Å². The van der Waals surface area contributed by atoms with E-state index in [-0.39, 0.29) is 10.7 Å². The first-order chi connectivity index (χ1) is 14.8. The maximum Gasteiger partial charge on any atom is 0.243 e. The van der Waals surface area contributed by atoms with Gasteiger partial charge in [0.05, 0.1) is 10.6 Å². The average molecular weight is 441 g/mol. The van der Waals surface area contributed by atoms with Gasteiger partial charge in [-0.25, -0.2) is 23.1 Å². The molecule has 0 spiro atoms. The van der Waals surface area contributed by atoms with Crippen molar-refractivity contribution < 1.29 is 13.2 Å². The molecule has 162 valence electrons. The van der Waals surface area contributed by atoms with E-state index >= 15 is 0 Å². The van der Waals surface area contributed by atoms with Gasteiger partial charge in [0.15, 0.2) is 11.6 Å². The number of carbonyl (C=O) groups excluding carboxylic acids is 1. The number of hydrogen-bond acceptors (Lipinski definition) is 7. The topological polar surface area (TPSA) is 101 Å². The molecule has 0 amide bonds. The Morgan fingerprint density at radius 1 is 0.968 bits per heavy atom. The quantitative estimate of drug-likeness (QED) is 0.559. The van der Waals surface area contributed by atoms with Gasteiger partial charge in [0.2, 0.25) is 10.0 Å². The van der Waals surface area contributed by atoms with Crippen LogP contribution in [0, 0.1) is 13.8 Å². The summed E-state index contributed by atoms with van der Waals surface area (Å²) in [5, 5.41) is 4.46. The highest BCUT2D eigenvalue weighted by Crippen LogP contribution is 2.22. The van der Waals surface area contributed by atoms with Gasteiger partial charge in [-0.1, -0.05) is 12.1 Å². The van der Waals surface area contributed by atoms with Gasteiger partial charge in [-0.2, -0.15) is 9.40 Å². The van der Waals surface area contributed by atoms with E-state index in [0.29, 0.717) is 37.6 Å². The van der Waals surface area contributed by atoms with E-state index in [4.69, 9.17) is 0 Å². The molecule has 9 nitrogen and oxygen atoms in total. The van der Waals surface area contributed by atoms with Crippen LogP contribution in [-0.2, 0) is 10.0 Å². The summed E-state index contributed by atoms with van der Waals surface area (Å²) >= 11 is 0. The number of aryl methyl sites for hydroxylation is 2. The van der Waals surface area contributed by atoms with E-state index in [1.54, 1.807) is 16.8 Å². The Morgan fingerprint density at radius 2 is 1.68 bits per heavy atom. The van der Waals surface area contributed by atoms with Crippen LogP contribution in [0.4, 0.5) is 5.82 Å². The van der Waals surface area contributed by atoms with Crippen molar-refractivity contribution in [2.75, 3.05) is 31.1 Å². The fourth-order valence-electron chi connectivity index (χ4n) is 3.67. The molecular weight excluding hydrogens is 416 g/mol. The molecule has 1 aliphatic heterocycles. The molecule has 3 heterocycles. The van der Waals surface area contributed by atoms with Crippen LogP contribution >= 0.6 is 0 Å². The highest BCUT2D eigenvalue weighted by molar-refractivity contribution is 7.89. The molecule has 0 bridgehead atoms. The first-order valence-electron chi connectivity index (χ1n) is 9.97. The predicted octanol–water partition coefficient (Wildman–Crippen LogP) is 1.99. The first-order valence-corrected chi connectivity index (χ1v) is 11.4.